The molecule has 1 amide bonds. The Labute approximate surface area is 122 Å². The van der Waals surface area contributed by atoms with E-state index >= 15 is 0 Å². The summed E-state index contributed by atoms with van der Waals surface area (Å²) in [6, 6.07) is 4.25. The van der Waals surface area contributed by atoms with E-state index in [0.717, 1.165) is 0 Å². The molecular weight excluding hydrogens is 279 g/mol. The molecule has 0 aliphatic heterocycles. The van der Waals surface area contributed by atoms with Gasteiger partial charge in [-0.3, -0.25) is 4.79 Å². The molecule has 1 saturated carbocycles. The van der Waals surface area contributed by atoms with Gasteiger partial charge in [-0.25, -0.2) is 4.39 Å². The van der Waals surface area contributed by atoms with Crippen molar-refractivity contribution in [3.05, 3.63) is 24.0 Å². The van der Waals surface area contributed by atoms with Crippen LogP contribution < -0.4 is 15.8 Å². The molecule has 6 heteroatoms. The van der Waals surface area contributed by atoms with E-state index in [-0.39, 0.29) is 16.6 Å². The van der Waals surface area contributed by atoms with E-state index in [0.29, 0.717) is 24.4 Å². The van der Waals surface area contributed by atoms with Crippen molar-refractivity contribution in [3.63, 3.8) is 0 Å². The molecule has 0 heterocycles. The zero-order valence-electron chi connectivity index (χ0n) is 11.4. The molecular formula is C14H17FN2O2S. The van der Waals surface area contributed by atoms with Crippen LogP contribution in [0.5, 0.6) is 5.75 Å². The van der Waals surface area contributed by atoms with Crippen LogP contribution in [0.4, 0.5) is 10.1 Å². The van der Waals surface area contributed by atoms with Crippen molar-refractivity contribution in [3.8, 4) is 5.75 Å². The Morgan fingerprint density at radius 1 is 1.55 bits per heavy atom. The normalized spacial score (nSPS) is 24.6. The molecule has 0 unspecified atom stereocenters. The smallest absolute Gasteiger partial charge is 0.237 e. The van der Waals surface area contributed by atoms with Gasteiger partial charge in [-0.1, -0.05) is 19.1 Å². The molecule has 108 valence electrons. The topological polar surface area (TPSA) is 64.3 Å². The number of carbonyl (C=O) groups is 1. The second-order valence-electron chi connectivity index (χ2n) is 5.26. The van der Waals surface area contributed by atoms with Gasteiger partial charge >= 0.3 is 0 Å². The number of nitrogens with two attached hydrogens (primary N) is 1. The van der Waals surface area contributed by atoms with E-state index in [1.165, 1.54) is 19.2 Å². The molecule has 2 rings (SSSR count). The second kappa shape index (κ2) is 5.36. The van der Waals surface area contributed by atoms with Crippen molar-refractivity contribution in [2.45, 2.75) is 19.8 Å². The molecule has 1 aliphatic carbocycles. The first-order valence-electron chi connectivity index (χ1n) is 6.34. The van der Waals surface area contributed by atoms with Crippen molar-refractivity contribution < 1.29 is 13.9 Å². The molecule has 20 heavy (non-hydrogen) atoms. The largest absolute Gasteiger partial charge is 0.494 e. The Bertz CT molecular complexity index is 556. The van der Waals surface area contributed by atoms with Crippen molar-refractivity contribution in [2.75, 3.05) is 12.4 Å². The fourth-order valence-corrected chi connectivity index (χ4v) is 2.88. The SMILES string of the molecule is COc1ccc(NC(=O)C2(C(N)=S)CC(C)C2)cc1F. The highest BCUT2D eigenvalue weighted by Crippen LogP contribution is 2.46. The molecule has 1 fully saturated rings. The maximum absolute atomic E-state index is 13.6. The summed E-state index contributed by atoms with van der Waals surface area (Å²) in [6.07, 6.45) is 1.26. The second-order valence-corrected chi connectivity index (χ2v) is 5.70. The zero-order valence-corrected chi connectivity index (χ0v) is 12.2. The summed E-state index contributed by atoms with van der Waals surface area (Å²) < 4.78 is 18.4. The molecule has 4 nitrogen and oxygen atoms in total. The van der Waals surface area contributed by atoms with Crippen LogP contribution >= 0.6 is 12.2 Å². The highest BCUT2D eigenvalue weighted by Gasteiger charge is 2.50. The van der Waals surface area contributed by atoms with E-state index in [9.17, 15) is 9.18 Å². The van der Waals surface area contributed by atoms with Crippen molar-refractivity contribution in [1.82, 2.24) is 0 Å². The fourth-order valence-electron chi connectivity index (χ4n) is 2.62. The van der Waals surface area contributed by atoms with E-state index in [1.807, 2.05) is 6.92 Å². The lowest BCUT2D eigenvalue weighted by atomic mass is 9.62. The van der Waals surface area contributed by atoms with E-state index in [2.05, 4.69) is 5.32 Å². The quantitative estimate of drug-likeness (QED) is 0.838. The molecule has 0 saturated heterocycles. The van der Waals surface area contributed by atoms with Crippen molar-refractivity contribution in [1.29, 1.82) is 0 Å². The standard InChI is InChI=1S/C14H17FN2O2S/c1-8-6-14(7-8,12(16)20)13(18)17-9-3-4-11(19-2)10(15)5-9/h3-5,8H,6-7H2,1-2H3,(H2,16,20)(H,17,18). The maximum atomic E-state index is 13.6. The molecule has 3 N–H and O–H groups in total. The number of nitrogens with one attached hydrogen (secondary N) is 1. The van der Waals surface area contributed by atoms with Gasteiger partial charge in [0.25, 0.3) is 0 Å². The van der Waals surface area contributed by atoms with Gasteiger partial charge in [0.05, 0.1) is 17.5 Å². The summed E-state index contributed by atoms with van der Waals surface area (Å²) in [5.74, 6) is -0.261. The molecule has 1 aliphatic rings. The molecule has 1 aromatic carbocycles. The molecule has 1 aromatic rings. The Balaban J connectivity index is 2.15. The number of thiocarbonyl (C=S) groups is 1. The third-order valence-corrected chi connectivity index (χ3v) is 4.10. The Morgan fingerprint density at radius 2 is 2.20 bits per heavy atom. The van der Waals surface area contributed by atoms with Crippen molar-refractivity contribution >= 4 is 28.8 Å². The predicted molar refractivity (Wildman–Crippen MR) is 79.2 cm³/mol. The zero-order chi connectivity index (χ0) is 14.9. The number of rotatable bonds is 4. The number of hydrogen-bond acceptors (Lipinski definition) is 3. The van der Waals surface area contributed by atoms with Gasteiger partial charge < -0.3 is 15.8 Å². The summed E-state index contributed by atoms with van der Waals surface area (Å²) in [7, 11) is 1.38. The average molecular weight is 296 g/mol. The van der Waals surface area contributed by atoms with Crippen LogP contribution in [0.2, 0.25) is 0 Å². The lowest BCUT2D eigenvalue weighted by Crippen LogP contribution is -2.53. The lowest BCUT2D eigenvalue weighted by molar-refractivity contribution is -0.127. The number of ether oxygens (including phenoxy) is 1. The number of hydrogen-bond donors (Lipinski definition) is 2. The first-order chi connectivity index (χ1) is 9.39. The Hall–Kier alpha value is -1.69. The third kappa shape index (κ3) is 2.47. The first kappa shape index (κ1) is 14.7. The predicted octanol–water partition coefficient (Wildman–Crippen LogP) is 2.48. The number of halogens is 1. The first-order valence-corrected chi connectivity index (χ1v) is 6.75. The van der Waals surface area contributed by atoms with Crippen LogP contribution in [0.25, 0.3) is 0 Å². The summed E-state index contributed by atoms with van der Waals surface area (Å²) in [6.45, 7) is 2.04. The van der Waals surface area contributed by atoms with Gasteiger partial charge in [-0.05, 0) is 30.9 Å². The van der Waals surface area contributed by atoms with Gasteiger partial charge in [0, 0.05) is 11.8 Å². The van der Waals surface area contributed by atoms with E-state index in [1.54, 1.807) is 6.07 Å². The minimum atomic E-state index is -0.800. The molecule has 0 atom stereocenters. The minimum absolute atomic E-state index is 0.129. The van der Waals surface area contributed by atoms with Gasteiger partial charge in [0.1, 0.15) is 0 Å². The fraction of sp³-hybridized carbons (Fsp3) is 0.429. The van der Waals surface area contributed by atoms with Crippen LogP contribution in [0.1, 0.15) is 19.8 Å². The average Bonchev–Trinajstić information content (AvgIpc) is 2.34. The minimum Gasteiger partial charge on any atom is -0.494 e. The van der Waals surface area contributed by atoms with Crippen LogP contribution in [0.3, 0.4) is 0 Å². The Morgan fingerprint density at radius 3 is 2.65 bits per heavy atom. The van der Waals surface area contributed by atoms with Crippen LogP contribution in [-0.4, -0.2) is 18.0 Å². The number of amides is 1. The van der Waals surface area contributed by atoms with Gasteiger partial charge in [0.15, 0.2) is 11.6 Å². The summed E-state index contributed by atoms with van der Waals surface area (Å²) in [5, 5.41) is 2.68. The summed E-state index contributed by atoms with van der Waals surface area (Å²) in [5.41, 5.74) is 5.27. The summed E-state index contributed by atoms with van der Waals surface area (Å²) in [4.78, 5) is 12.5. The number of benzene rings is 1. The van der Waals surface area contributed by atoms with Gasteiger partial charge in [-0.15, -0.1) is 0 Å². The monoisotopic (exact) mass is 296 g/mol. The maximum Gasteiger partial charge on any atom is 0.237 e. The lowest BCUT2D eigenvalue weighted by Gasteiger charge is -2.44. The van der Waals surface area contributed by atoms with Gasteiger partial charge in [0.2, 0.25) is 5.91 Å². The molecule has 0 bridgehead atoms. The molecule has 0 radical (unpaired) electrons. The molecule has 0 aromatic heterocycles. The highest BCUT2D eigenvalue weighted by molar-refractivity contribution is 7.80. The van der Waals surface area contributed by atoms with Crippen molar-refractivity contribution in [2.24, 2.45) is 17.1 Å². The molecule has 0 spiro atoms. The number of carbonyl (C=O) groups excluding carboxylic acids is 1. The van der Waals surface area contributed by atoms with Gasteiger partial charge in [-0.2, -0.15) is 0 Å². The van der Waals surface area contributed by atoms with Crippen LogP contribution in [0.15, 0.2) is 18.2 Å². The summed E-state index contributed by atoms with van der Waals surface area (Å²) >= 11 is 5.01. The third-order valence-electron chi connectivity index (χ3n) is 3.71. The number of methoxy groups -OCH3 is 1. The number of anilines is 1. The van der Waals surface area contributed by atoms with Crippen LogP contribution in [-0.2, 0) is 4.79 Å². The Kier molecular flexibility index (Phi) is 3.94. The van der Waals surface area contributed by atoms with E-state index in [4.69, 9.17) is 22.7 Å². The van der Waals surface area contributed by atoms with E-state index < -0.39 is 11.2 Å². The highest BCUT2D eigenvalue weighted by atomic mass is 32.1. The van der Waals surface area contributed by atoms with Crippen LogP contribution in [0, 0.1) is 17.2 Å².